The summed E-state index contributed by atoms with van der Waals surface area (Å²) in [4.78, 5) is 21.2. The molecule has 1 saturated heterocycles. The van der Waals surface area contributed by atoms with Gasteiger partial charge in [-0.05, 0) is 26.4 Å². The van der Waals surface area contributed by atoms with Crippen molar-refractivity contribution in [3.63, 3.8) is 0 Å². The molecule has 0 aromatic carbocycles. The number of methoxy groups -OCH3 is 1. The molecule has 5 nitrogen and oxygen atoms in total. The lowest BCUT2D eigenvalue weighted by atomic mass is 10.2. The molecule has 1 unspecified atom stereocenters. The highest BCUT2D eigenvalue weighted by Crippen LogP contribution is 2.29. The van der Waals surface area contributed by atoms with Crippen molar-refractivity contribution < 1.29 is 9.53 Å². The summed E-state index contributed by atoms with van der Waals surface area (Å²) >= 11 is 1.48. The van der Waals surface area contributed by atoms with Crippen LogP contribution < -0.4 is 4.90 Å². The van der Waals surface area contributed by atoms with Gasteiger partial charge < -0.3 is 14.5 Å². The smallest absolute Gasteiger partial charge is 0.186 e. The van der Waals surface area contributed by atoms with Gasteiger partial charge in [0.25, 0.3) is 0 Å². The first-order chi connectivity index (χ1) is 9.69. The highest BCUT2D eigenvalue weighted by atomic mass is 32.1. The van der Waals surface area contributed by atoms with Gasteiger partial charge in [-0.3, -0.25) is 4.79 Å². The lowest BCUT2D eigenvalue weighted by Crippen LogP contribution is -2.39. The second-order valence-electron chi connectivity index (χ2n) is 5.23. The van der Waals surface area contributed by atoms with E-state index in [9.17, 15) is 4.79 Å². The number of carbonyl (C=O) groups is 1. The quantitative estimate of drug-likeness (QED) is 0.778. The molecule has 0 N–H and O–H groups in total. The van der Waals surface area contributed by atoms with E-state index in [0.717, 1.165) is 49.6 Å². The molecule has 6 heteroatoms. The predicted molar refractivity (Wildman–Crippen MR) is 81.8 cm³/mol. The fraction of sp³-hybridized carbons (Fsp3) is 0.714. The number of carbonyl (C=O) groups excluding carboxylic acids is 1. The van der Waals surface area contributed by atoms with Crippen LogP contribution in [0.25, 0.3) is 0 Å². The van der Waals surface area contributed by atoms with Crippen LogP contribution in [0.4, 0.5) is 5.13 Å². The van der Waals surface area contributed by atoms with Gasteiger partial charge in [-0.2, -0.15) is 0 Å². The molecule has 1 aromatic rings. The van der Waals surface area contributed by atoms with Gasteiger partial charge in [0, 0.05) is 26.2 Å². The van der Waals surface area contributed by atoms with E-state index < -0.39 is 0 Å². The topological polar surface area (TPSA) is 45.7 Å². The molecule has 0 saturated carbocycles. The predicted octanol–water partition coefficient (Wildman–Crippen LogP) is 2.02. The van der Waals surface area contributed by atoms with Gasteiger partial charge in [0.05, 0.1) is 17.2 Å². The molecule has 1 fully saturated rings. The zero-order valence-electron chi connectivity index (χ0n) is 12.5. The minimum absolute atomic E-state index is 0.398. The number of ether oxygens (including phenoxy) is 1. The number of hydrogen-bond acceptors (Lipinski definition) is 6. The molecule has 0 radical (unpaired) electrons. The van der Waals surface area contributed by atoms with Gasteiger partial charge in [0.15, 0.2) is 11.4 Å². The Labute approximate surface area is 124 Å². The van der Waals surface area contributed by atoms with Crippen molar-refractivity contribution in [2.45, 2.75) is 32.4 Å². The summed E-state index contributed by atoms with van der Waals surface area (Å²) in [5, 5.41) is 0.960. The third-order valence-electron chi connectivity index (χ3n) is 3.72. The molecular formula is C14H23N3O2S. The first-order valence-electron chi connectivity index (χ1n) is 7.08. The van der Waals surface area contributed by atoms with E-state index in [1.54, 1.807) is 7.11 Å². The number of likely N-dealkylation sites (N-methyl/N-ethyl adjacent to an activating group) is 1. The summed E-state index contributed by atoms with van der Waals surface area (Å²) in [5.41, 5.74) is 0.759. The van der Waals surface area contributed by atoms with Crippen LogP contribution >= 0.6 is 11.3 Å². The molecular weight excluding hydrogens is 274 g/mol. The Hall–Kier alpha value is -0.980. The molecule has 2 heterocycles. The number of aldehydes is 1. The molecule has 0 bridgehead atoms. The minimum Gasteiger partial charge on any atom is -0.378 e. The summed E-state index contributed by atoms with van der Waals surface area (Å²) < 4.78 is 5.12. The number of nitrogens with zero attached hydrogens (tertiary/aromatic N) is 3. The minimum atomic E-state index is 0.398. The second-order valence-corrected chi connectivity index (χ2v) is 6.24. The fourth-order valence-electron chi connectivity index (χ4n) is 2.65. The van der Waals surface area contributed by atoms with Crippen LogP contribution in [-0.4, -0.2) is 56.0 Å². The van der Waals surface area contributed by atoms with Crippen LogP contribution in [0.3, 0.4) is 0 Å². The largest absolute Gasteiger partial charge is 0.378 e. The average Bonchev–Trinajstić information content (AvgIpc) is 2.74. The third kappa shape index (κ3) is 3.37. The molecule has 0 aliphatic carbocycles. The van der Waals surface area contributed by atoms with E-state index in [2.05, 4.69) is 28.8 Å². The maximum Gasteiger partial charge on any atom is 0.186 e. The molecule has 112 valence electrons. The van der Waals surface area contributed by atoms with E-state index in [0.29, 0.717) is 17.5 Å². The molecule has 20 heavy (non-hydrogen) atoms. The summed E-state index contributed by atoms with van der Waals surface area (Å²) in [6.45, 7) is 5.77. The molecule has 1 atom stereocenters. The highest BCUT2D eigenvalue weighted by Gasteiger charge is 2.25. The van der Waals surface area contributed by atoms with Gasteiger partial charge in [-0.25, -0.2) is 4.98 Å². The van der Waals surface area contributed by atoms with E-state index >= 15 is 0 Å². The molecule has 0 spiro atoms. The Kier molecular flexibility index (Phi) is 5.51. The molecule has 1 aliphatic heterocycles. The Bertz CT molecular complexity index is 450. The number of aromatic nitrogens is 1. The van der Waals surface area contributed by atoms with Crippen LogP contribution in [0, 0.1) is 0 Å². The Balaban J connectivity index is 2.25. The SMILES string of the molecule is CCC1CN(C)CCCN1c1nc(COC)c(C=O)s1. The van der Waals surface area contributed by atoms with Crippen LogP contribution in [0.1, 0.15) is 35.1 Å². The van der Waals surface area contributed by atoms with E-state index in [-0.39, 0.29) is 0 Å². The summed E-state index contributed by atoms with van der Waals surface area (Å²) in [7, 11) is 3.80. The van der Waals surface area contributed by atoms with Gasteiger partial charge >= 0.3 is 0 Å². The fourth-order valence-corrected chi connectivity index (χ4v) is 3.63. The number of hydrogen-bond donors (Lipinski definition) is 0. The van der Waals surface area contributed by atoms with E-state index in [4.69, 9.17) is 4.74 Å². The number of rotatable bonds is 5. The van der Waals surface area contributed by atoms with Crippen LogP contribution in [0.2, 0.25) is 0 Å². The van der Waals surface area contributed by atoms with Gasteiger partial charge in [-0.15, -0.1) is 0 Å². The summed E-state index contributed by atoms with van der Waals surface area (Å²) in [6.07, 6.45) is 3.10. The second kappa shape index (κ2) is 7.15. The first kappa shape index (κ1) is 15.4. The van der Waals surface area contributed by atoms with Gasteiger partial charge in [-0.1, -0.05) is 18.3 Å². The summed E-state index contributed by atoms with van der Waals surface area (Å²) in [5.74, 6) is 0. The van der Waals surface area contributed by atoms with Crippen molar-refractivity contribution in [2.75, 3.05) is 38.7 Å². The first-order valence-corrected chi connectivity index (χ1v) is 7.90. The monoisotopic (exact) mass is 297 g/mol. The lowest BCUT2D eigenvalue weighted by Gasteiger charge is -2.29. The Morgan fingerprint density at radius 2 is 2.30 bits per heavy atom. The molecule has 2 rings (SSSR count). The molecule has 1 aromatic heterocycles. The van der Waals surface area contributed by atoms with Crippen LogP contribution in [-0.2, 0) is 11.3 Å². The Morgan fingerprint density at radius 1 is 1.50 bits per heavy atom. The standard InChI is InChI=1S/C14H23N3O2S/c1-4-11-8-16(2)6-5-7-17(11)14-15-12(10-19-3)13(9-18)20-14/h9,11H,4-8,10H2,1-3H3. The number of thiazole rings is 1. The highest BCUT2D eigenvalue weighted by molar-refractivity contribution is 7.17. The maximum atomic E-state index is 11.2. The maximum absolute atomic E-state index is 11.2. The van der Waals surface area contributed by atoms with Crippen molar-refractivity contribution in [3.05, 3.63) is 10.6 Å². The van der Waals surface area contributed by atoms with E-state index in [1.807, 2.05) is 0 Å². The number of anilines is 1. The normalized spacial score (nSPS) is 20.9. The molecule has 0 amide bonds. The van der Waals surface area contributed by atoms with Crippen molar-refractivity contribution in [3.8, 4) is 0 Å². The van der Waals surface area contributed by atoms with E-state index in [1.165, 1.54) is 11.3 Å². The van der Waals surface area contributed by atoms with Crippen molar-refractivity contribution in [1.82, 2.24) is 9.88 Å². The van der Waals surface area contributed by atoms with Crippen LogP contribution in [0.5, 0.6) is 0 Å². The van der Waals surface area contributed by atoms with Crippen LogP contribution in [0.15, 0.2) is 0 Å². The Morgan fingerprint density at radius 3 is 2.95 bits per heavy atom. The average molecular weight is 297 g/mol. The molecule has 1 aliphatic rings. The van der Waals surface area contributed by atoms with Gasteiger partial charge in [0.2, 0.25) is 0 Å². The zero-order chi connectivity index (χ0) is 14.5. The summed E-state index contributed by atoms with van der Waals surface area (Å²) in [6, 6.07) is 0.462. The van der Waals surface area contributed by atoms with Gasteiger partial charge in [0.1, 0.15) is 0 Å². The zero-order valence-corrected chi connectivity index (χ0v) is 13.3. The third-order valence-corrected chi connectivity index (χ3v) is 4.78. The lowest BCUT2D eigenvalue weighted by molar-refractivity contribution is 0.112. The van der Waals surface area contributed by atoms with Crippen molar-refractivity contribution >= 4 is 22.8 Å². The van der Waals surface area contributed by atoms with Crippen molar-refractivity contribution in [2.24, 2.45) is 0 Å². The van der Waals surface area contributed by atoms with Crippen molar-refractivity contribution in [1.29, 1.82) is 0 Å².